The molecule has 0 aliphatic rings. The van der Waals surface area contributed by atoms with Crippen LogP contribution in [0.2, 0.25) is 0 Å². The van der Waals surface area contributed by atoms with Crippen molar-refractivity contribution in [2.75, 3.05) is 12.8 Å². The molecular weight excluding hydrogens is 244 g/mol. The number of para-hydroxylation sites is 1. The number of methoxy groups -OCH3 is 1. The largest absolute Gasteiger partial charge is 0.495 e. The summed E-state index contributed by atoms with van der Waals surface area (Å²) in [7, 11) is 1.62. The molecule has 0 fully saturated rings. The lowest BCUT2D eigenvalue weighted by Crippen LogP contribution is -1.92. The molecule has 0 saturated carbocycles. The lowest BCUT2D eigenvalue weighted by atomic mass is 10.2. The van der Waals surface area contributed by atoms with Crippen LogP contribution >= 0.6 is 11.3 Å². The number of aromatic nitrogens is 1. The fourth-order valence-corrected chi connectivity index (χ4v) is 2.80. The molecule has 2 aromatic carbocycles. The highest BCUT2D eigenvalue weighted by Crippen LogP contribution is 2.33. The Hall–Kier alpha value is -2.07. The van der Waals surface area contributed by atoms with E-state index >= 15 is 0 Å². The first-order valence-corrected chi connectivity index (χ1v) is 6.39. The zero-order valence-corrected chi connectivity index (χ0v) is 10.7. The molecule has 0 aliphatic carbocycles. The van der Waals surface area contributed by atoms with Crippen LogP contribution in [0, 0.1) is 0 Å². The molecule has 2 N–H and O–H groups in total. The van der Waals surface area contributed by atoms with Crippen molar-refractivity contribution >= 4 is 27.2 Å². The van der Waals surface area contributed by atoms with E-state index < -0.39 is 0 Å². The number of nitrogen functional groups attached to an aromatic ring is 1. The monoisotopic (exact) mass is 256 g/mol. The van der Waals surface area contributed by atoms with Gasteiger partial charge in [0.15, 0.2) is 0 Å². The molecule has 0 unspecified atom stereocenters. The summed E-state index contributed by atoms with van der Waals surface area (Å²) in [5.74, 6) is 0.687. The molecule has 90 valence electrons. The van der Waals surface area contributed by atoms with Gasteiger partial charge in [-0.1, -0.05) is 12.1 Å². The smallest absolute Gasteiger partial charge is 0.142 e. The van der Waals surface area contributed by atoms with Crippen molar-refractivity contribution in [3.8, 4) is 16.3 Å². The van der Waals surface area contributed by atoms with Crippen LogP contribution in [0.3, 0.4) is 0 Å². The van der Waals surface area contributed by atoms with E-state index in [9.17, 15) is 0 Å². The number of hydrogen-bond donors (Lipinski definition) is 1. The number of ether oxygens (including phenoxy) is 1. The second-order valence-corrected chi connectivity index (χ2v) is 4.97. The third-order valence-corrected chi connectivity index (χ3v) is 3.86. The highest BCUT2D eigenvalue weighted by atomic mass is 32.1. The molecule has 0 spiro atoms. The number of fused-ring (bicyclic) bond motifs is 1. The van der Waals surface area contributed by atoms with Crippen molar-refractivity contribution in [3.05, 3.63) is 42.5 Å². The van der Waals surface area contributed by atoms with E-state index in [1.54, 1.807) is 18.4 Å². The Labute approximate surface area is 109 Å². The normalized spacial score (nSPS) is 10.7. The van der Waals surface area contributed by atoms with Crippen LogP contribution in [-0.4, -0.2) is 12.1 Å². The second kappa shape index (κ2) is 4.31. The van der Waals surface area contributed by atoms with Crippen molar-refractivity contribution in [3.63, 3.8) is 0 Å². The number of nitrogens with zero attached hydrogens (tertiary/aromatic N) is 1. The van der Waals surface area contributed by atoms with Gasteiger partial charge in [-0.3, -0.25) is 0 Å². The van der Waals surface area contributed by atoms with Gasteiger partial charge in [-0.2, -0.15) is 0 Å². The maximum Gasteiger partial charge on any atom is 0.142 e. The summed E-state index contributed by atoms with van der Waals surface area (Å²) in [6.45, 7) is 0. The third-order valence-electron chi connectivity index (χ3n) is 2.77. The van der Waals surface area contributed by atoms with Crippen molar-refractivity contribution in [2.24, 2.45) is 0 Å². The number of thiazole rings is 1. The van der Waals surface area contributed by atoms with E-state index in [4.69, 9.17) is 10.5 Å². The van der Waals surface area contributed by atoms with Crippen LogP contribution in [0.4, 0.5) is 5.69 Å². The Morgan fingerprint density at radius 2 is 2.00 bits per heavy atom. The first-order valence-electron chi connectivity index (χ1n) is 5.57. The average Bonchev–Trinajstić information content (AvgIpc) is 2.83. The fourth-order valence-electron chi connectivity index (χ4n) is 1.84. The van der Waals surface area contributed by atoms with Gasteiger partial charge in [0.05, 0.1) is 23.0 Å². The molecule has 3 rings (SSSR count). The Balaban J connectivity index is 2.13. The number of nitrogens with two attached hydrogens (primary N) is 1. The first kappa shape index (κ1) is 11.0. The van der Waals surface area contributed by atoms with Gasteiger partial charge >= 0.3 is 0 Å². The van der Waals surface area contributed by atoms with E-state index in [0.717, 1.165) is 16.1 Å². The summed E-state index contributed by atoms with van der Waals surface area (Å²) < 4.78 is 6.42. The van der Waals surface area contributed by atoms with Gasteiger partial charge in [-0.05, 0) is 30.3 Å². The van der Waals surface area contributed by atoms with Gasteiger partial charge in [-0.25, -0.2) is 4.98 Å². The van der Waals surface area contributed by atoms with E-state index in [1.807, 2.05) is 36.4 Å². The van der Waals surface area contributed by atoms with Crippen LogP contribution in [0.5, 0.6) is 5.75 Å². The lowest BCUT2D eigenvalue weighted by Gasteiger charge is -2.05. The summed E-state index contributed by atoms with van der Waals surface area (Å²) in [6.07, 6.45) is 0. The zero-order valence-electron chi connectivity index (χ0n) is 9.88. The van der Waals surface area contributed by atoms with E-state index in [2.05, 4.69) is 11.1 Å². The highest BCUT2D eigenvalue weighted by molar-refractivity contribution is 7.21. The molecule has 3 nitrogen and oxygen atoms in total. The molecule has 18 heavy (non-hydrogen) atoms. The van der Waals surface area contributed by atoms with Crippen LogP contribution in [0.25, 0.3) is 20.8 Å². The number of anilines is 1. The van der Waals surface area contributed by atoms with Gasteiger partial charge < -0.3 is 10.5 Å². The average molecular weight is 256 g/mol. The Bertz CT molecular complexity index is 673. The summed E-state index contributed by atoms with van der Waals surface area (Å²) in [6, 6.07) is 13.8. The third kappa shape index (κ3) is 1.80. The molecule has 4 heteroatoms. The number of rotatable bonds is 2. The Morgan fingerprint density at radius 3 is 2.78 bits per heavy atom. The van der Waals surface area contributed by atoms with Gasteiger partial charge in [0, 0.05) is 5.56 Å². The van der Waals surface area contributed by atoms with Crippen molar-refractivity contribution in [1.29, 1.82) is 0 Å². The molecule has 1 aromatic heterocycles. The Morgan fingerprint density at radius 1 is 1.17 bits per heavy atom. The molecule has 0 saturated heterocycles. The SMILES string of the molecule is COc1cc(-c2nc3ccccc3s2)ccc1N. The molecular formula is C14H12N2OS. The molecule has 3 aromatic rings. The number of hydrogen-bond acceptors (Lipinski definition) is 4. The van der Waals surface area contributed by atoms with Gasteiger partial charge in [0.25, 0.3) is 0 Å². The van der Waals surface area contributed by atoms with Crippen LogP contribution in [-0.2, 0) is 0 Å². The molecule has 0 aliphatic heterocycles. The van der Waals surface area contributed by atoms with E-state index in [1.165, 1.54) is 4.70 Å². The predicted molar refractivity (Wildman–Crippen MR) is 76.0 cm³/mol. The topological polar surface area (TPSA) is 48.1 Å². The highest BCUT2D eigenvalue weighted by Gasteiger charge is 2.08. The van der Waals surface area contributed by atoms with Gasteiger partial charge in [0.2, 0.25) is 0 Å². The Kier molecular flexibility index (Phi) is 2.64. The fraction of sp³-hybridized carbons (Fsp3) is 0.0714. The standard InChI is InChI=1S/C14H12N2OS/c1-17-12-8-9(6-7-10(12)15)14-16-11-4-2-3-5-13(11)18-14/h2-8H,15H2,1H3. The van der Waals surface area contributed by atoms with Crippen molar-refractivity contribution in [2.45, 2.75) is 0 Å². The first-order chi connectivity index (χ1) is 8.78. The van der Waals surface area contributed by atoms with Crippen LogP contribution in [0.1, 0.15) is 0 Å². The molecule has 0 radical (unpaired) electrons. The quantitative estimate of drug-likeness (QED) is 0.713. The van der Waals surface area contributed by atoms with E-state index in [0.29, 0.717) is 11.4 Å². The van der Waals surface area contributed by atoms with Crippen LogP contribution in [0.15, 0.2) is 42.5 Å². The molecule has 0 bridgehead atoms. The lowest BCUT2D eigenvalue weighted by molar-refractivity contribution is 0.417. The summed E-state index contributed by atoms with van der Waals surface area (Å²) in [4.78, 5) is 4.61. The molecule has 0 amide bonds. The minimum Gasteiger partial charge on any atom is -0.495 e. The molecule has 1 heterocycles. The van der Waals surface area contributed by atoms with Gasteiger partial charge in [-0.15, -0.1) is 11.3 Å². The van der Waals surface area contributed by atoms with E-state index in [-0.39, 0.29) is 0 Å². The van der Waals surface area contributed by atoms with Crippen molar-refractivity contribution < 1.29 is 4.74 Å². The molecule has 0 atom stereocenters. The maximum absolute atomic E-state index is 5.81. The number of benzene rings is 2. The minimum absolute atomic E-state index is 0.641. The second-order valence-electron chi connectivity index (χ2n) is 3.94. The summed E-state index contributed by atoms with van der Waals surface area (Å²) >= 11 is 1.67. The summed E-state index contributed by atoms with van der Waals surface area (Å²) in [5, 5.41) is 0.981. The predicted octanol–water partition coefficient (Wildman–Crippen LogP) is 3.55. The maximum atomic E-state index is 5.81. The van der Waals surface area contributed by atoms with Crippen molar-refractivity contribution in [1.82, 2.24) is 4.98 Å². The zero-order chi connectivity index (χ0) is 12.5. The summed E-state index contributed by atoms with van der Waals surface area (Å²) in [5.41, 5.74) is 8.50. The van der Waals surface area contributed by atoms with Gasteiger partial charge in [0.1, 0.15) is 10.8 Å². The van der Waals surface area contributed by atoms with Crippen LogP contribution < -0.4 is 10.5 Å². The minimum atomic E-state index is 0.641.